The van der Waals surface area contributed by atoms with Crippen LogP contribution in [0.25, 0.3) is 0 Å². The molecular weight excluding hydrogens is 258 g/mol. The van der Waals surface area contributed by atoms with E-state index in [-0.39, 0.29) is 5.92 Å². The molecule has 1 atom stereocenters. The van der Waals surface area contributed by atoms with Crippen LogP contribution < -0.4 is 0 Å². The van der Waals surface area contributed by atoms with Crippen molar-refractivity contribution in [2.75, 3.05) is 0 Å². The van der Waals surface area contributed by atoms with Crippen molar-refractivity contribution in [2.45, 2.75) is 44.4 Å². The number of carbonyl (C=O) groups excluding carboxylic acids is 1. The predicted octanol–water partition coefficient (Wildman–Crippen LogP) is 4.09. The smallest absolute Gasteiger partial charge is 0.141 e. The van der Waals surface area contributed by atoms with Crippen LogP contribution in [0, 0.1) is 0 Å². The van der Waals surface area contributed by atoms with Gasteiger partial charge in [-0.2, -0.15) is 0 Å². The number of fused-ring (bicyclic) bond motifs is 1. The third-order valence-electron chi connectivity index (χ3n) is 4.32. The second kappa shape index (κ2) is 6.66. The molecular formula is C19H21NO. The molecule has 0 spiro atoms. The largest absolute Gasteiger partial charge is 0.299 e. The van der Waals surface area contributed by atoms with E-state index >= 15 is 0 Å². The standard InChI is InChI=1S/C19H21NO/c21-18(13-4-9-15-7-2-1-3-8-15)17-12-5-10-16-11-6-14-20-19(16)17/h1-3,6-8,11,14,17H,4-5,9-10,12-13H2. The zero-order valence-corrected chi connectivity index (χ0v) is 12.3. The SMILES string of the molecule is O=C(CCCc1ccccc1)C1CCCc2cccnc21. The molecule has 2 nitrogen and oxygen atoms in total. The van der Waals surface area contributed by atoms with Gasteiger partial charge in [0.25, 0.3) is 0 Å². The molecule has 1 aromatic carbocycles. The van der Waals surface area contributed by atoms with Crippen molar-refractivity contribution < 1.29 is 4.79 Å². The summed E-state index contributed by atoms with van der Waals surface area (Å²) in [6.07, 6.45) is 7.53. The molecule has 1 unspecified atom stereocenters. The minimum atomic E-state index is 0.0331. The van der Waals surface area contributed by atoms with Gasteiger partial charge in [-0.25, -0.2) is 0 Å². The summed E-state index contributed by atoms with van der Waals surface area (Å²) in [5, 5.41) is 0. The molecule has 0 amide bonds. The summed E-state index contributed by atoms with van der Waals surface area (Å²) < 4.78 is 0. The second-order valence-corrected chi connectivity index (χ2v) is 5.80. The summed E-state index contributed by atoms with van der Waals surface area (Å²) in [5.74, 6) is 0.399. The highest BCUT2D eigenvalue weighted by molar-refractivity contribution is 5.85. The van der Waals surface area contributed by atoms with Crippen LogP contribution >= 0.6 is 0 Å². The van der Waals surface area contributed by atoms with Crippen molar-refractivity contribution in [1.29, 1.82) is 0 Å². The maximum Gasteiger partial charge on any atom is 0.141 e. The molecule has 0 saturated heterocycles. The Hall–Kier alpha value is -1.96. The van der Waals surface area contributed by atoms with E-state index in [1.165, 1.54) is 11.1 Å². The van der Waals surface area contributed by atoms with Crippen LogP contribution in [-0.2, 0) is 17.6 Å². The van der Waals surface area contributed by atoms with E-state index in [2.05, 4.69) is 35.3 Å². The van der Waals surface area contributed by atoms with Gasteiger partial charge in [0.05, 0.1) is 11.6 Å². The molecule has 21 heavy (non-hydrogen) atoms. The highest BCUT2D eigenvalue weighted by Gasteiger charge is 2.26. The number of hydrogen-bond donors (Lipinski definition) is 0. The van der Waals surface area contributed by atoms with Gasteiger partial charge in [0.15, 0.2) is 0 Å². The number of hydrogen-bond acceptors (Lipinski definition) is 2. The summed E-state index contributed by atoms with van der Waals surface area (Å²) in [4.78, 5) is 17.0. The Labute approximate surface area is 126 Å². The Kier molecular flexibility index (Phi) is 4.44. The molecule has 2 aromatic rings. The Morgan fingerprint density at radius 2 is 2.00 bits per heavy atom. The lowest BCUT2D eigenvalue weighted by Crippen LogP contribution is -2.20. The minimum Gasteiger partial charge on any atom is -0.299 e. The van der Waals surface area contributed by atoms with E-state index in [1.807, 2.05) is 18.3 Å². The van der Waals surface area contributed by atoms with Crippen molar-refractivity contribution in [3.05, 3.63) is 65.5 Å². The van der Waals surface area contributed by atoms with Crippen LogP contribution in [0.5, 0.6) is 0 Å². The van der Waals surface area contributed by atoms with Gasteiger partial charge in [0, 0.05) is 12.6 Å². The van der Waals surface area contributed by atoms with Gasteiger partial charge < -0.3 is 0 Å². The summed E-state index contributed by atoms with van der Waals surface area (Å²) in [5.41, 5.74) is 3.62. The number of nitrogens with zero attached hydrogens (tertiary/aromatic N) is 1. The molecule has 1 heterocycles. The second-order valence-electron chi connectivity index (χ2n) is 5.80. The maximum absolute atomic E-state index is 12.5. The molecule has 0 aliphatic heterocycles. The average Bonchev–Trinajstić information content (AvgIpc) is 2.55. The molecule has 0 saturated carbocycles. The van der Waals surface area contributed by atoms with E-state index in [4.69, 9.17) is 0 Å². The van der Waals surface area contributed by atoms with Crippen LogP contribution in [0.4, 0.5) is 0 Å². The normalized spacial score (nSPS) is 17.2. The number of benzene rings is 1. The number of pyridine rings is 1. The van der Waals surface area contributed by atoms with Gasteiger partial charge in [-0.1, -0.05) is 36.4 Å². The Balaban J connectivity index is 1.59. The topological polar surface area (TPSA) is 30.0 Å². The molecule has 108 valence electrons. The zero-order chi connectivity index (χ0) is 14.5. The van der Waals surface area contributed by atoms with Crippen molar-refractivity contribution in [3.63, 3.8) is 0 Å². The molecule has 3 rings (SSSR count). The van der Waals surface area contributed by atoms with Crippen molar-refractivity contribution in [1.82, 2.24) is 4.98 Å². The van der Waals surface area contributed by atoms with Gasteiger partial charge in [0.2, 0.25) is 0 Å². The highest BCUT2D eigenvalue weighted by Crippen LogP contribution is 2.31. The first-order valence-corrected chi connectivity index (χ1v) is 7.85. The summed E-state index contributed by atoms with van der Waals surface area (Å²) >= 11 is 0. The van der Waals surface area contributed by atoms with E-state index in [0.717, 1.165) is 37.8 Å². The van der Waals surface area contributed by atoms with Crippen LogP contribution in [0.15, 0.2) is 48.7 Å². The molecule has 0 fully saturated rings. The number of aryl methyl sites for hydroxylation is 2. The first kappa shape index (κ1) is 14.0. The third-order valence-corrected chi connectivity index (χ3v) is 4.32. The quantitative estimate of drug-likeness (QED) is 0.825. The summed E-state index contributed by atoms with van der Waals surface area (Å²) in [6, 6.07) is 14.5. The van der Waals surface area contributed by atoms with Crippen molar-refractivity contribution in [2.24, 2.45) is 0 Å². The molecule has 1 aliphatic rings. The molecule has 1 aromatic heterocycles. The van der Waals surface area contributed by atoms with E-state index in [1.54, 1.807) is 0 Å². The fourth-order valence-corrected chi connectivity index (χ4v) is 3.21. The first-order valence-electron chi connectivity index (χ1n) is 7.85. The van der Waals surface area contributed by atoms with Crippen LogP contribution in [0.1, 0.15) is 48.4 Å². The molecule has 0 bridgehead atoms. The Morgan fingerprint density at radius 3 is 2.86 bits per heavy atom. The molecule has 1 aliphatic carbocycles. The lowest BCUT2D eigenvalue weighted by Gasteiger charge is -2.23. The van der Waals surface area contributed by atoms with Crippen LogP contribution in [-0.4, -0.2) is 10.8 Å². The number of rotatable bonds is 5. The number of Topliss-reactive ketones (excluding diaryl/α,β-unsaturated/α-hetero) is 1. The lowest BCUT2D eigenvalue weighted by molar-refractivity contribution is -0.121. The van der Waals surface area contributed by atoms with Crippen LogP contribution in [0.2, 0.25) is 0 Å². The van der Waals surface area contributed by atoms with Crippen LogP contribution in [0.3, 0.4) is 0 Å². The van der Waals surface area contributed by atoms with Gasteiger partial charge in [-0.15, -0.1) is 0 Å². The monoisotopic (exact) mass is 279 g/mol. The Bertz CT molecular complexity index is 606. The number of ketones is 1. The predicted molar refractivity (Wildman–Crippen MR) is 84.3 cm³/mol. The number of aromatic nitrogens is 1. The van der Waals surface area contributed by atoms with Gasteiger partial charge in [-0.05, 0) is 49.3 Å². The summed E-state index contributed by atoms with van der Waals surface area (Å²) in [7, 11) is 0. The molecule has 0 radical (unpaired) electrons. The first-order chi connectivity index (χ1) is 10.3. The lowest BCUT2D eigenvalue weighted by atomic mass is 9.82. The highest BCUT2D eigenvalue weighted by atomic mass is 16.1. The van der Waals surface area contributed by atoms with E-state index in [9.17, 15) is 4.79 Å². The van der Waals surface area contributed by atoms with E-state index in [0.29, 0.717) is 12.2 Å². The molecule has 2 heteroatoms. The van der Waals surface area contributed by atoms with E-state index < -0.39 is 0 Å². The third kappa shape index (κ3) is 3.38. The van der Waals surface area contributed by atoms with Gasteiger partial charge >= 0.3 is 0 Å². The van der Waals surface area contributed by atoms with Crippen molar-refractivity contribution in [3.8, 4) is 0 Å². The van der Waals surface area contributed by atoms with Gasteiger partial charge in [-0.3, -0.25) is 9.78 Å². The fraction of sp³-hybridized carbons (Fsp3) is 0.368. The van der Waals surface area contributed by atoms with Gasteiger partial charge in [0.1, 0.15) is 5.78 Å². The number of carbonyl (C=O) groups is 1. The summed E-state index contributed by atoms with van der Waals surface area (Å²) in [6.45, 7) is 0. The van der Waals surface area contributed by atoms with Crippen molar-refractivity contribution >= 4 is 5.78 Å². The maximum atomic E-state index is 12.5. The fourth-order valence-electron chi connectivity index (χ4n) is 3.21. The average molecular weight is 279 g/mol. The Morgan fingerprint density at radius 1 is 1.14 bits per heavy atom. The molecule has 0 N–H and O–H groups in total. The zero-order valence-electron chi connectivity index (χ0n) is 12.3. The minimum absolute atomic E-state index is 0.0331.